The Bertz CT molecular complexity index is 428. The highest BCUT2D eigenvalue weighted by Crippen LogP contribution is 2.22. The maximum atomic E-state index is 12.4. The minimum absolute atomic E-state index is 0.0958. The van der Waals surface area contributed by atoms with E-state index in [-0.39, 0.29) is 17.9 Å². The lowest BCUT2D eigenvalue weighted by atomic mass is 9.93. The molecule has 18 heavy (non-hydrogen) atoms. The number of carbonyl (C=O) groups is 1. The first-order valence-corrected chi connectivity index (χ1v) is 6.62. The van der Waals surface area contributed by atoms with Crippen molar-refractivity contribution in [3.8, 4) is 0 Å². The van der Waals surface area contributed by atoms with Gasteiger partial charge in [0, 0.05) is 24.6 Å². The number of aliphatic hydroxyl groups is 1. The molecule has 1 aromatic rings. The normalized spacial score (nSPS) is 21.7. The number of piperidine rings is 1. The Hall–Kier alpha value is -1.35. The SMILES string of the molecule is Cc1ccccc1C(=O)N1CCCC(C(C)O)C1. The van der Waals surface area contributed by atoms with E-state index in [1.807, 2.05) is 43.0 Å². The maximum Gasteiger partial charge on any atom is 0.254 e. The van der Waals surface area contributed by atoms with Gasteiger partial charge in [0.25, 0.3) is 5.91 Å². The number of hydrogen-bond donors (Lipinski definition) is 1. The van der Waals surface area contributed by atoms with Crippen LogP contribution in [0.1, 0.15) is 35.7 Å². The minimum Gasteiger partial charge on any atom is -0.393 e. The van der Waals surface area contributed by atoms with Gasteiger partial charge in [0.2, 0.25) is 0 Å². The van der Waals surface area contributed by atoms with E-state index < -0.39 is 0 Å². The predicted octanol–water partition coefficient (Wildman–Crippen LogP) is 2.23. The Labute approximate surface area is 108 Å². The van der Waals surface area contributed by atoms with Crippen molar-refractivity contribution in [2.24, 2.45) is 5.92 Å². The number of likely N-dealkylation sites (tertiary alicyclic amines) is 1. The van der Waals surface area contributed by atoms with Gasteiger partial charge in [0.05, 0.1) is 6.10 Å². The minimum atomic E-state index is -0.336. The van der Waals surface area contributed by atoms with E-state index in [9.17, 15) is 9.90 Å². The van der Waals surface area contributed by atoms with Gasteiger partial charge in [-0.15, -0.1) is 0 Å². The molecular formula is C15H21NO2. The molecule has 1 aliphatic heterocycles. The molecule has 2 rings (SSSR count). The molecule has 2 unspecified atom stereocenters. The largest absolute Gasteiger partial charge is 0.393 e. The topological polar surface area (TPSA) is 40.5 Å². The number of nitrogens with zero attached hydrogens (tertiary/aromatic N) is 1. The van der Waals surface area contributed by atoms with Gasteiger partial charge >= 0.3 is 0 Å². The van der Waals surface area contributed by atoms with Gasteiger partial charge in [-0.2, -0.15) is 0 Å². The third-order valence-electron chi connectivity index (χ3n) is 3.80. The molecule has 1 saturated heterocycles. The first-order chi connectivity index (χ1) is 8.59. The number of amides is 1. The van der Waals surface area contributed by atoms with E-state index in [4.69, 9.17) is 0 Å². The van der Waals surface area contributed by atoms with Crippen LogP contribution in [0.5, 0.6) is 0 Å². The molecule has 1 aliphatic rings. The lowest BCUT2D eigenvalue weighted by Gasteiger charge is -2.34. The van der Waals surface area contributed by atoms with Gasteiger partial charge < -0.3 is 10.0 Å². The van der Waals surface area contributed by atoms with Gasteiger partial charge in [-0.25, -0.2) is 0 Å². The molecule has 0 bridgehead atoms. The van der Waals surface area contributed by atoms with Crippen LogP contribution in [0, 0.1) is 12.8 Å². The standard InChI is InChI=1S/C15H21NO2/c1-11-6-3-4-8-14(11)15(18)16-9-5-7-13(10-16)12(2)17/h3-4,6,8,12-13,17H,5,7,9-10H2,1-2H3. The van der Waals surface area contributed by atoms with Crippen LogP contribution in [0.25, 0.3) is 0 Å². The third-order valence-corrected chi connectivity index (χ3v) is 3.80. The monoisotopic (exact) mass is 247 g/mol. The quantitative estimate of drug-likeness (QED) is 0.870. The van der Waals surface area contributed by atoms with Gasteiger partial charge in [-0.3, -0.25) is 4.79 Å². The number of benzene rings is 1. The number of hydrogen-bond acceptors (Lipinski definition) is 2. The number of aryl methyl sites for hydroxylation is 1. The molecule has 2 atom stereocenters. The first kappa shape index (κ1) is 13.1. The van der Waals surface area contributed by atoms with E-state index in [1.54, 1.807) is 0 Å². The summed E-state index contributed by atoms with van der Waals surface area (Å²) in [5.74, 6) is 0.310. The van der Waals surface area contributed by atoms with Crippen molar-refractivity contribution in [3.05, 3.63) is 35.4 Å². The van der Waals surface area contributed by atoms with Crippen LogP contribution < -0.4 is 0 Å². The summed E-state index contributed by atoms with van der Waals surface area (Å²) in [4.78, 5) is 14.3. The van der Waals surface area contributed by atoms with Gasteiger partial charge in [0.1, 0.15) is 0 Å². The van der Waals surface area contributed by atoms with Gasteiger partial charge in [-0.1, -0.05) is 18.2 Å². The molecule has 1 amide bonds. The summed E-state index contributed by atoms with van der Waals surface area (Å²) in [5, 5.41) is 9.66. The summed E-state index contributed by atoms with van der Waals surface area (Å²) < 4.78 is 0. The molecule has 1 N–H and O–H groups in total. The Morgan fingerprint density at radius 1 is 1.44 bits per heavy atom. The average molecular weight is 247 g/mol. The fraction of sp³-hybridized carbons (Fsp3) is 0.533. The van der Waals surface area contributed by atoms with Crippen LogP contribution in [-0.4, -0.2) is 35.1 Å². The Morgan fingerprint density at radius 3 is 2.83 bits per heavy atom. The van der Waals surface area contributed by atoms with Crippen molar-refractivity contribution in [1.82, 2.24) is 4.90 Å². The van der Waals surface area contributed by atoms with Crippen LogP contribution in [0.2, 0.25) is 0 Å². The molecule has 1 aromatic carbocycles. The van der Waals surface area contributed by atoms with Crippen LogP contribution in [0.15, 0.2) is 24.3 Å². The predicted molar refractivity (Wildman–Crippen MR) is 71.5 cm³/mol. The second-order valence-corrected chi connectivity index (χ2v) is 5.21. The maximum absolute atomic E-state index is 12.4. The second-order valence-electron chi connectivity index (χ2n) is 5.21. The zero-order valence-corrected chi connectivity index (χ0v) is 11.1. The van der Waals surface area contributed by atoms with Crippen LogP contribution in [0.4, 0.5) is 0 Å². The van der Waals surface area contributed by atoms with Crippen molar-refractivity contribution in [1.29, 1.82) is 0 Å². The molecule has 98 valence electrons. The van der Waals surface area contributed by atoms with E-state index in [0.717, 1.165) is 30.5 Å². The molecule has 1 fully saturated rings. The summed E-state index contributed by atoms with van der Waals surface area (Å²) in [6, 6.07) is 7.68. The third kappa shape index (κ3) is 2.72. The molecule has 0 aliphatic carbocycles. The number of aliphatic hydroxyl groups excluding tert-OH is 1. The van der Waals surface area contributed by atoms with Crippen molar-refractivity contribution >= 4 is 5.91 Å². The van der Waals surface area contributed by atoms with E-state index in [2.05, 4.69) is 0 Å². The molecule has 0 saturated carbocycles. The summed E-state index contributed by atoms with van der Waals surface area (Å²) >= 11 is 0. The fourth-order valence-electron chi connectivity index (χ4n) is 2.57. The van der Waals surface area contributed by atoms with Crippen molar-refractivity contribution < 1.29 is 9.90 Å². The van der Waals surface area contributed by atoms with Crippen molar-refractivity contribution in [3.63, 3.8) is 0 Å². The molecule has 0 radical (unpaired) electrons. The highest BCUT2D eigenvalue weighted by Gasteiger charge is 2.27. The highest BCUT2D eigenvalue weighted by molar-refractivity contribution is 5.95. The van der Waals surface area contributed by atoms with Crippen LogP contribution in [0.3, 0.4) is 0 Å². The number of rotatable bonds is 2. The fourth-order valence-corrected chi connectivity index (χ4v) is 2.57. The van der Waals surface area contributed by atoms with Gasteiger partial charge in [0.15, 0.2) is 0 Å². The summed E-state index contributed by atoms with van der Waals surface area (Å²) in [6.07, 6.45) is 1.65. The van der Waals surface area contributed by atoms with Crippen LogP contribution in [-0.2, 0) is 0 Å². The number of carbonyl (C=O) groups excluding carboxylic acids is 1. The lowest BCUT2D eigenvalue weighted by molar-refractivity contribution is 0.0465. The van der Waals surface area contributed by atoms with Crippen molar-refractivity contribution in [2.45, 2.75) is 32.8 Å². The Balaban J connectivity index is 2.12. The Morgan fingerprint density at radius 2 is 2.17 bits per heavy atom. The van der Waals surface area contributed by atoms with Crippen LogP contribution >= 0.6 is 0 Å². The van der Waals surface area contributed by atoms with E-state index >= 15 is 0 Å². The molecule has 3 nitrogen and oxygen atoms in total. The molecule has 0 spiro atoms. The van der Waals surface area contributed by atoms with Gasteiger partial charge in [-0.05, 0) is 38.3 Å². The summed E-state index contributed by atoms with van der Waals surface area (Å²) in [7, 11) is 0. The zero-order valence-electron chi connectivity index (χ0n) is 11.1. The highest BCUT2D eigenvalue weighted by atomic mass is 16.3. The van der Waals surface area contributed by atoms with Crippen molar-refractivity contribution in [2.75, 3.05) is 13.1 Å². The summed E-state index contributed by atoms with van der Waals surface area (Å²) in [5.41, 5.74) is 1.80. The first-order valence-electron chi connectivity index (χ1n) is 6.62. The second kappa shape index (κ2) is 5.53. The zero-order chi connectivity index (χ0) is 13.1. The average Bonchev–Trinajstić information content (AvgIpc) is 2.38. The Kier molecular flexibility index (Phi) is 4.02. The molecule has 3 heteroatoms. The summed E-state index contributed by atoms with van der Waals surface area (Å²) in [6.45, 7) is 5.25. The molecule has 1 heterocycles. The smallest absolute Gasteiger partial charge is 0.254 e. The van der Waals surface area contributed by atoms with E-state index in [1.165, 1.54) is 0 Å². The molecule has 0 aromatic heterocycles. The lowest BCUT2D eigenvalue weighted by Crippen LogP contribution is -2.43. The van der Waals surface area contributed by atoms with E-state index in [0.29, 0.717) is 6.54 Å². The molecular weight excluding hydrogens is 226 g/mol.